The average Bonchev–Trinajstić information content (AvgIpc) is 2.89. The van der Waals surface area contributed by atoms with Gasteiger partial charge in [0.2, 0.25) is 0 Å². The Morgan fingerprint density at radius 2 is 1.88 bits per heavy atom. The Balaban J connectivity index is 2.18. The molecule has 7 nitrogen and oxygen atoms in total. The van der Waals surface area contributed by atoms with Gasteiger partial charge in [-0.25, -0.2) is 9.59 Å². The first-order chi connectivity index (χ1) is 11.4. The summed E-state index contributed by atoms with van der Waals surface area (Å²) in [6.07, 6.45) is -4.20. The average molecular weight is 362 g/mol. The molecule has 0 spiro atoms. The Hall–Kier alpha value is -2.26. The summed E-state index contributed by atoms with van der Waals surface area (Å²) in [5, 5.41) is 3.86. The fourth-order valence-corrected chi connectivity index (χ4v) is 2.44. The predicted molar refractivity (Wildman–Crippen MR) is 82.1 cm³/mol. The molecule has 10 heteroatoms. The smallest absolute Gasteiger partial charge is 0.410 e. The van der Waals surface area contributed by atoms with E-state index >= 15 is 0 Å². The summed E-state index contributed by atoms with van der Waals surface area (Å²) in [6.45, 7) is 5.54. The van der Waals surface area contributed by atoms with Crippen LogP contribution in [0.2, 0.25) is 0 Å². The van der Waals surface area contributed by atoms with Gasteiger partial charge < -0.3 is 14.5 Å². The van der Waals surface area contributed by atoms with Crippen molar-refractivity contribution < 1.29 is 27.5 Å². The first-order valence-corrected chi connectivity index (χ1v) is 7.76. The Kier molecular flexibility index (Phi) is 5.01. The molecule has 2 amide bonds. The summed E-state index contributed by atoms with van der Waals surface area (Å²) >= 11 is 0. The van der Waals surface area contributed by atoms with Crippen molar-refractivity contribution in [3.8, 4) is 0 Å². The molecule has 0 bridgehead atoms. The Morgan fingerprint density at radius 1 is 1.24 bits per heavy atom. The van der Waals surface area contributed by atoms with Crippen molar-refractivity contribution in [2.75, 3.05) is 19.6 Å². The van der Waals surface area contributed by atoms with Gasteiger partial charge in [-0.05, 0) is 33.8 Å². The Labute approximate surface area is 143 Å². The van der Waals surface area contributed by atoms with Crippen molar-refractivity contribution >= 4 is 12.1 Å². The number of nitrogens with zero attached hydrogens (tertiary/aromatic N) is 4. The zero-order chi connectivity index (χ0) is 19.0. The third-order valence-corrected chi connectivity index (χ3v) is 3.57. The van der Waals surface area contributed by atoms with Crippen LogP contribution in [0.25, 0.3) is 0 Å². The molecule has 1 aliphatic heterocycles. The number of halogens is 3. The minimum Gasteiger partial charge on any atom is -0.444 e. The highest BCUT2D eigenvalue weighted by Gasteiger charge is 2.50. The van der Waals surface area contributed by atoms with Gasteiger partial charge in [0.25, 0.3) is 0 Å². The van der Waals surface area contributed by atoms with Gasteiger partial charge in [0, 0.05) is 19.3 Å². The second-order valence-corrected chi connectivity index (χ2v) is 6.86. The molecule has 25 heavy (non-hydrogen) atoms. The van der Waals surface area contributed by atoms with E-state index in [1.807, 2.05) is 0 Å². The van der Waals surface area contributed by atoms with Crippen molar-refractivity contribution in [1.29, 1.82) is 0 Å². The summed E-state index contributed by atoms with van der Waals surface area (Å²) in [6, 6.07) is -1.47. The van der Waals surface area contributed by atoms with E-state index in [4.69, 9.17) is 4.74 Å². The minimum atomic E-state index is -4.68. The van der Waals surface area contributed by atoms with Gasteiger partial charge in [-0.3, -0.25) is 0 Å². The van der Waals surface area contributed by atoms with Gasteiger partial charge in [0.1, 0.15) is 11.6 Å². The van der Waals surface area contributed by atoms with Gasteiger partial charge >= 0.3 is 18.3 Å². The van der Waals surface area contributed by atoms with E-state index in [9.17, 15) is 22.8 Å². The molecule has 1 atom stereocenters. The van der Waals surface area contributed by atoms with Crippen LogP contribution in [0.15, 0.2) is 12.3 Å². The van der Waals surface area contributed by atoms with Crippen LogP contribution < -0.4 is 0 Å². The van der Waals surface area contributed by atoms with Gasteiger partial charge in [-0.15, -0.1) is 0 Å². The molecular formula is C15H21F3N4O3. The molecule has 0 N–H and O–H groups in total. The monoisotopic (exact) mass is 362 g/mol. The van der Waals surface area contributed by atoms with Crippen LogP contribution in [0.1, 0.15) is 26.5 Å². The maximum atomic E-state index is 13.4. The van der Waals surface area contributed by atoms with Crippen LogP contribution in [0, 0.1) is 6.92 Å². The van der Waals surface area contributed by atoms with Crippen LogP contribution in [0.4, 0.5) is 22.8 Å². The highest BCUT2D eigenvalue weighted by atomic mass is 19.4. The highest BCUT2D eigenvalue weighted by Crippen LogP contribution is 2.29. The second-order valence-electron chi connectivity index (χ2n) is 6.86. The highest BCUT2D eigenvalue weighted by molar-refractivity contribution is 5.77. The molecule has 1 aromatic heterocycles. The molecule has 1 aromatic rings. The lowest BCUT2D eigenvalue weighted by atomic mass is 10.1. The molecule has 0 aromatic carbocycles. The van der Waals surface area contributed by atoms with Crippen molar-refractivity contribution in [1.82, 2.24) is 19.6 Å². The standard InChI is InChI=1S/C15H21F3N4O3/c1-10-5-6-22(19-10)12(23)21-8-7-20(9-11(21)15(16,17)18)13(24)25-14(2,3)4/h5-6,11H,7-9H2,1-4H3. The molecule has 1 saturated heterocycles. The summed E-state index contributed by atoms with van der Waals surface area (Å²) in [4.78, 5) is 26.1. The van der Waals surface area contributed by atoms with Crippen molar-refractivity contribution in [3.63, 3.8) is 0 Å². The lowest BCUT2D eigenvalue weighted by Gasteiger charge is -2.41. The van der Waals surface area contributed by atoms with Crippen LogP contribution in [0.3, 0.4) is 0 Å². The number of carbonyl (C=O) groups is 2. The van der Waals surface area contributed by atoms with E-state index in [0.29, 0.717) is 10.6 Å². The number of aryl methyl sites for hydroxylation is 1. The molecule has 0 saturated carbocycles. The molecule has 2 rings (SSSR count). The predicted octanol–water partition coefficient (Wildman–Crippen LogP) is 2.64. The van der Waals surface area contributed by atoms with Crippen LogP contribution in [0.5, 0.6) is 0 Å². The number of hydrogen-bond acceptors (Lipinski definition) is 4. The zero-order valence-corrected chi connectivity index (χ0v) is 14.5. The molecule has 140 valence electrons. The van der Waals surface area contributed by atoms with Crippen LogP contribution >= 0.6 is 0 Å². The first kappa shape index (κ1) is 19.1. The summed E-state index contributed by atoms with van der Waals surface area (Å²) in [5.74, 6) is 0. The summed E-state index contributed by atoms with van der Waals surface area (Å²) < 4.78 is 46.3. The molecular weight excluding hydrogens is 341 g/mol. The number of aromatic nitrogens is 2. The molecule has 2 heterocycles. The number of hydrogen-bond donors (Lipinski definition) is 0. The van der Waals surface area contributed by atoms with Gasteiger partial charge in [-0.1, -0.05) is 0 Å². The normalized spacial score (nSPS) is 19.1. The summed E-state index contributed by atoms with van der Waals surface area (Å²) in [5.41, 5.74) is -0.297. The topological polar surface area (TPSA) is 67.7 Å². The van der Waals surface area contributed by atoms with Gasteiger partial charge in [0.15, 0.2) is 0 Å². The third-order valence-electron chi connectivity index (χ3n) is 3.57. The Bertz CT molecular complexity index is 651. The number of ether oxygens (including phenoxy) is 1. The van der Waals surface area contributed by atoms with Crippen LogP contribution in [-0.4, -0.2) is 69.2 Å². The lowest BCUT2D eigenvalue weighted by molar-refractivity contribution is -0.186. The van der Waals surface area contributed by atoms with E-state index in [1.54, 1.807) is 27.7 Å². The van der Waals surface area contributed by atoms with E-state index in [0.717, 1.165) is 9.58 Å². The largest absolute Gasteiger partial charge is 0.444 e. The lowest BCUT2D eigenvalue weighted by Crippen LogP contribution is -2.62. The van der Waals surface area contributed by atoms with Crippen LogP contribution in [-0.2, 0) is 4.74 Å². The number of piperazine rings is 1. The third kappa shape index (κ3) is 4.64. The number of carbonyl (C=O) groups excluding carboxylic acids is 2. The molecule has 1 unspecified atom stereocenters. The van der Waals surface area contributed by atoms with Gasteiger partial charge in [-0.2, -0.15) is 23.0 Å². The second kappa shape index (κ2) is 6.57. The fraction of sp³-hybridized carbons (Fsp3) is 0.667. The summed E-state index contributed by atoms with van der Waals surface area (Å²) in [7, 11) is 0. The minimum absolute atomic E-state index is 0.0481. The quantitative estimate of drug-likeness (QED) is 0.712. The Morgan fingerprint density at radius 3 is 2.36 bits per heavy atom. The van der Waals surface area contributed by atoms with E-state index in [-0.39, 0.29) is 13.1 Å². The van der Waals surface area contributed by atoms with E-state index < -0.39 is 36.5 Å². The van der Waals surface area contributed by atoms with Crippen molar-refractivity contribution in [2.45, 2.75) is 45.5 Å². The van der Waals surface area contributed by atoms with Crippen molar-refractivity contribution in [3.05, 3.63) is 18.0 Å². The first-order valence-electron chi connectivity index (χ1n) is 7.76. The molecule has 1 aliphatic rings. The maximum absolute atomic E-state index is 13.4. The number of alkyl halides is 3. The molecule has 1 fully saturated rings. The van der Waals surface area contributed by atoms with E-state index in [1.165, 1.54) is 12.3 Å². The molecule has 0 radical (unpaired) electrons. The van der Waals surface area contributed by atoms with E-state index in [2.05, 4.69) is 5.10 Å². The number of rotatable bonds is 0. The number of amides is 2. The fourth-order valence-electron chi connectivity index (χ4n) is 2.44. The SMILES string of the molecule is Cc1ccn(C(=O)N2CCN(C(=O)OC(C)(C)C)CC2C(F)(F)F)n1. The van der Waals surface area contributed by atoms with Gasteiger partial charge in [0.05, 0.1) is 12.2 Å². The molecule has 0 aliphatic carbocycles. The maximum Gasteiger partial charge on any atom is 0.410 e. The van der Waals surface area contributed by atoms with Crippen molar-refractivity contribution in [2.24, 2.45) is 0 Å². The zero-order valence-electron chi connectivity index (χ0n) is 14.5.